The molecule has 0 aliphatic carbocycles. The van der Waals surface area contributed by atoms with Crippen molar-refractivity contribution in [2.45, 2.75) is 0 Å². The van der Waals surface area contributed by atoms with Crippen LogP contribution in [0, 0.1) is 11.6 Å². The standard InChI is InChI=1S/C15H12ClF2NO3/c1-21-13-7-14(22-2)12(6-10(13)16)19-15(20)9-5-8(17)3-4-11(9)18/h3-7H,1-2H3,(H,19,20). The first kappa shape index (κ1) is 16.0. The first-order chi connectivity index (χ1) is 10.5. The average molecular weight is 328 g/mol. The number of nitrogens with one attached hydrogen (secondary N) is 1. The fourth-order valence-electron chi connectivity index (χ4n) is 1.82. The van der Waals surface area contributed by atoms with E-state index in [4.69, 9.17) is 21.1 Å². The number of carbonyl (C=O) groups is 1. The van der Waals surface area contributed by atoms with E-state index in [2.05, 4.69) is 5.32 Å². The molecule has 0 unspecified atom stereocenters. The van der Waals surface area contributed by atoms with E-state index in [0.717, 1.165) is 18.2 Å². The average Bonchev–Trinajstić information content (AvgIpc) is 2.50. The number of rotatable bonds is 4. The molecule has 1 amide bonds. The van der Waals surface area contributed by atoms with Gasteiger partial charge in [-0.3, -0.25) is 4.79 Å². The molecule has 0 radical (unpaired) electrons. The molecule has 0 atom stereocenters. The van der Waals surface area contributed by atoms with Gasteiger partial charge in [0.2, 0.25) is 0 Å². The molecule has 0 fully saturated rings. The predicted molar refractivity (Wildman–Crippen MR) is 78.9 cm³/mol. The zero-order valence-electron chi connectivity index (χ0n) is 11.7. The Morgan fingerprint density at radius 1 is 1.09 bits per heavy atom. The van der Waals surface area contributed by atoms with Crippen molar-refractivity contribution in [3.05, 3.63) is 52.6 Å². The van der Waals surface area contributed by atoms with Gasteiger partial charge in [-0.2, -0.15) is 0 Å². The van der Waals surface area contributed by atoms with Gasteiger partial charge in [0, 0.05) is 6.07 Å². The number of hydrogen-bond acceptors (Lipinski definition) is 3. The molecule has 1 N–H and O–H groups in total. The molecule has 0 saturated heterocycles. The summed E-state index contributed by atoms with van der Waals surface area (Å²) < 4.78 is 36.9. The Labute approximate surface area is 130 Å². The number of halogens is 3. The Morgan fingerprint density at radius 3 is 2.41 bits per heavy atom. The summed E-state index contributed by atoms with van der Waals surface area (Å²) in [5.41, 5.74) is -0.212. The van der Waals surface area contributed by atoms with Crippen LogP contribution in [0.25, 0.3) is 0 Å². The zero-order valence-corrected chi connectivity index (χ0v) is 12.5. The van der Waals surface area contributed by atoms with Crippen LogP contribution in [-0.4, -0.2) is 20.1 Å². The molecule has 22 heavy (non-hydrogen) atoms. The van der Waals surface area contributed by atoms with Crippen molar-refractivity contribution >= 4 is 23.2 Å². The van der Waals surface area contributed by atoms with Crippen LogP contribution in [0.2, 0.25) is 5.02 Å². The highest BCUT2D eigenvalue weighted by molar-refractivity contribution is 6.32. The van der Waals surface area contributed by atoms with E-state index in [-0.39, 0.29) is 16.5 Å². The molecule has 0 saturated carbocycles. The van der Waals surface area contributed by atoms with Gasteiger partial charge in [-0.25, -0.2) is 8.78 Å². The number of carbonyl (C=O) groups excluding carboxylic acids is 1. The maximum atomic E-state index is 13.6. The lowest BCUT2D eigenvalue weighted by molar-refractivity contribution is 0.102. The lowest BCUT2D eigenvalue weighted by atomic mass is 10.2. The largest absolute Gasteiger partial charge is 0.495 e. The van der Waals surface area contributed by atoms with Gasteiger partial charge in [0.05, 0.1) is 30.5 Å². The second-order valence-corrected chi connectivity index (χ2v) is 4.67. The zero-order chi connectivity index (χ0) is 16.3. The minimum absolute atomic E-state index is 0.210. The lowest BCUT2D eigenvalue weighted by Gasteiger charge is -2.13. The second-order valence-electron chi connectivity index (χ2n) is 4.27. The monoisotopic (exact) mass is 327 g/mol. The van der Waals surface area contributed by atoms with Crippen molar-refractivity contribution in [3.8, 4) is 11.5 Å². The minimum Gasteiger partial charge on any atom is -0.495 e. The van der Waals surface area contributed by atoms with Crippen LogP contribution in [0.4, 0.5) is 14.5 Å². The van der Waals surface area contributed by atoms with Crippen LogP contribution in [0.3, 0.4) is 0 Å². The molecule has 7 heteroatoms. The molecular weight excluding hydrogens is 316 g/mol. The van der Waals surface area contributed by atoms with Crippen molar-refractivity contribution < 1.29 is 23.0 Å². The van der Waals surface area contributed by atoms with Gasteiger partial charge in [0.1, 0.15) is 23.1 Å². The Hall–Kier alpha value is -2.34. The summed E-state index contributed by atoms with van der Waals surface area (Å²) in [6.45, 7) is 0. The molecule has 0 aliphatic heterocycles. The number of methoxy groups -OCH3 is 2. The molecule has 0 aliphatic rings. The molecule has 0 spiro atoms. The molecular formula is C15H12ClF2NO3. The molecule has 4 nitrogen and oxygen atoms in total. The number of benzene rings is 2. The second kappa shape index (κ2) is 6.62. The van der Waals surface area contributed by atoms with Gasteiger partial charge in [-0.05, 0) is 24.3 Å². The van der Waals surface area contributed by atoms with E-state index in [1.807, 2.05) is 0 Å². The molecule has 0 aromatic heterocycles. The third-order valence-corrected chi connectivity index (χ3v) is 3.19. The third kappa shape index (κ3) is 3.28. The first-order valence-electron chi connectivity index (χ1n) is 6.14. The molecule has 0 heterocycles. The fourth-order valence-corrected chi connectivity index (χ4v) is 2.06. The number of amides is 1. The van der Waals surface area contributed by atoms with Crippen LogP contribution >= 0.6 is 11.6 Å². The smallest absolute Gasteiger partial charge is 0.258 e. The van der Waals surface area contributed by atoms with E-state index in [1.165, 1.54) is 26.4 Å². The van der Waals surface area contributed by atoms with Gasteiger partial charge in [-0.1, -0.05) is 11.6 Å². The van der Waals surface area contributed by atoms with E-state index in [9.17, 15) is 13.6 Å². The SMILES string of the molecule is COc1cc(OC)c(NC(=O)c2cc(F)ccc2F)cc1Cl. The van der Waals surface area contributed by atoms with Gasteiger partial charge < -0.3 is 14.8 Å². The quantitative estimate of drug-likeness (QED) is 0.926. The van der Waals surface area contributed by atoms with Crippen LogP contribution in [0.15, 0.2) is 30.3 Å². The Balaban J connectivity index is 2.36. The summed E-state index contributed by atoms with van der Waals surface area (Å²) in [6.07, 6.45) is 0. The highest BCUT2D eigenvalue weighted by atomic mass is 35.5. The Bertz CT molecular complexity index is 722. The van der Waals surface area contributed by atoms with Crippen molar-refractivity contribution in [1.82, 2.24) is 0 Å². The minimum atomic E-state index is -0.836. The number of ether oxygens (including phenoxy) is 2. The summed E-state index contributed by atoms with van der Waals surface area (Å²) in [6, 6.07) is 5.48. The van der Waals surface area contributed by atoms with Crippen molar-refractivity contribution in [2.24, 2.45) is 0 Å². The van der Waals surface area contributed by atoms with Gasteiger partial charge >= 0.3 is 0 Å². The summed E-state index contributed by atoms with van der Waals surface area (Å²) in [5.74, 6) is -1.75. The van der Waals surface area contributed by atoms with Crippen LogP contribution < -0.4 is 14.8 Å². The summed E-state index contributed by atoms with van der Waals surface area (Å²) in [7, 11) is 2.82. The summed E-state index contributed by atoms with van der Waals surface area (Å²) in [5, 5.41) is 2.66. The van der Waals surface area contributed by atoms with Crippen LogP contribution in [0.5, 0.6) is 11.5 Å². The van der Waals surface area contributed by atoms with Crippen molar-refractivity contribution in [2.75, 3.05) is 19.5 Å². The topological polar surface area (TPSA) is 47.6 Å². The summed E-state index contributed by atoms with van der Waals surface area (Å²) in [4.78, 5) is 12.1. The molecule has 2 aromatic carbocycles. The molecule has 116 valence electrons. The van der Waals surface area contributed by atoms with Gasteiger partial charge in [0.25, 0.3) is 5.91 Å². The molecule has 2 aromatic rings. The van der Waals surface area contributed by atoms with E-state index in [0.29, 0.717) is 5.75 Å². The fraction of sp³-hybridized carbons (Fsp3) is 0.133. The van der Waals surface area contributed by atoms with Gasteiger partial charge in [0.15, 0.2) is 0 Å². The highest BCUT2D eigenvalue weighted by Gasteiger charge is 2.17. The first-order valence-corrected chi connectivity index (χ1v) is 6.52. The predicted octanol–water partition coefficient (Wildman–Crippen LogP) is 3.89. The van der Waals surface area contributed by atoms with E-state index < -0.39 is 23.1 Å². The molecule has 2 rings (SSSR count). The number of anilines is 1. The number of hydrogen-bond donors (Lipinski definition) is 1. The van der Waals surface area contributed by atoms with E-state index >= 15 is 0 Å². The maximum absolute atomic E-state index is 13.6. The van der Waals surface area contributed by atoms with Crippen molar-refractivity contribution in [3.63, 3.8) is 0 Å². The van der Waals surface area contributed by atoms with Crippen molar-refractivity contribution in [1.29, 1.82) is 0 Å². The van der Waals surface area contributed by atoms with Crippen LogP contribution in [0.1, 0.15) is 10.4 Å². The summed E-state index contributed by atoms with van der Waals surface area (Å²) >= 11 is 5.98. The van der Waals surface area contributed by atoms with Gasteiger partial charge in [-0.15, -0.1) is 0 Å². The lowest BCUT2D eigenvalue weighted by Crippen LogP contribution is -2.15. The Morgan fingerprint density at radius 2 is 1.77 bits per heavy atom. The normalized spacial score (nSPS) is 10.2. The molecule has 0 bridgehead atoms. The maximum Gasteiger partial charge on any atom is 0.258 e. The highest BCUT2D eigenvalue weighted by Crippen LogP contribution is 2.36. The Kier molecular flexibility index (Phi) is 4.82. The third-order valence-electron chi connectivity index (χ3n) is 2.90. The van der Waals surface area contributed by atoms with Crippen LogP contribution in [-0.2, 0) is 0 Å². The van der Waals surface area contributed by atoms with E-state index in [1.54, 1.807) is 0 Å².